The molecule has 0 radical (unpaired) electrons. The summed E-state index contributed by atoms with van der Waals surface area (Å²) in [6.07, 6.45) is 0. The van der Waals surface area contributed by atoms with E-state index in [9.17, 15) is 8.42 Å². The number of halogens is 1. The Morgan fingerprint density at radius 3 is 2.33 bits per heavy atom. The number of nitrogens with zero attached hydrogens (tertiary/aromatic N) is 2. The van der Waals surface area contributed by atoms with Gasteiger partial charge in [0.15, 0.2) is 0 Å². The van der Waals surface area contributed by atoms with Gasteiger partial charge in [0.05, 0.1) is 0 Å². The Bertz CT molecular complexity index is 511. The van der Waals surface area contributed by atoms with Crippen molar-refractivity contribution in [3.8, 4) is 0 Å². The SMILES string of the molecule is Cc1ccccc1N1CCN(S(=O)(=O)CBr)CC1. The maximum atomic E-state index is 11.7. The molecule has 1 aliphatic heterocycles. The van der Waals surface area contributed by atoms with E-state index >= 15 is 0 Å². The molecule has 6 heteroatoms. The second-order valence-corrected chi connectivity index (χ2v) is 7.67. The van der Waals surface area contributed by atoms with Crippen LogP contribution in [0.5, 0.6) is 0 Å². The molecule has 1 aliphatic rings. The Labute approximate surface area is 117 Å². The predicted molar refractivity (Wildman–Crippen MR) is 77.7 cm³/mol. The van der Waals surface area contributed by atoms with Gasteiger partial charge < -0.3 is 4.90 Å². The molecule has 0 N–H and O–H groups in total. The highest BCUT2D eigenvalue weighted by molar-refractivity contribution is 9.10. The summed E-state index contributed by atoms with van der Waals surface area (Å²) in [6.45, 7) is 4.69. The molecule has 0 unspecified atom stereocenters. The molecule has 0 bridgehead atoms. The first-order valence-corrected chi connectivity index (χ1v) is 8.62. The lowest BCUT2D eigenvalue weighted by atomic mass is 10.1. The summed E-state index contributed by atoms with van der Waals surface area (Å²) in [5.41, 5.74) is 2.43. The highest BCUT2D eigenvalue weighted by Gasteiger charge is 2.26. The molecule has 18 heavy (non-hydrogen) atoms. The van der Waals surface area contributed by atoms with Crippen molar-refractivity contribution in [3.63, 3.8) is 0 Å². The third-order valence-corrected chi connectivity index (χ3v) is 6.39. The summed E-state index contributed by atoms with van der Waals surface area (Å²) < 4.78 is 25.0. The maximum absolute atomic E-state index is 11.7. The molecular weight excluding hydrogens is 316 g/mol. The Morgan fingerprint density at radius 2 is 1.78 bits per heavy atom. The van der Waals surface area contributed by atoms with Gasteiger partial charge in [-0.1, -0.05) is 34.1 Å². The number of para-hydroxylation sites is 1. The van der Waals surface area contributed by atoms with E-state index in [1.807, 2.05) is 12.1 Å². The van der Waals surface area contributed by atoms with Gasteiger partial charge >= 0.3 is 0 Å². The number of piperazine rings is 1. The molecule has 0 amide bonds. The van der Waals surface area contributed by atoms with Crippen LogP contribution in [0.4, 0.5) is 5.69 Å². The molecule has 0 aliphatic carbocycles. The van der Waals surface area contributed by atoms with Gasteiger partial charge in [0.1, 0.15) is 4.66 Å². The molecule has 0 aromatic heterocycles. The number of benzene rings is 1. The van der Waals surface area contributed by atoms with Crippen LogP contribution >= 0.6 is 15.9 Å². The van der Waals surface area contributed by atoms with Crippen LogP contribution in [0.2, 0.25) is 0 Å². The zero-order chi connectivity index (χ0) is 13.2. The molecular formula is C12H17BrN2O2S. The van der Waals surface area contributed by atoms with Crippen molar-refractivity contribution < 1.29 is 8.42 Å². The molecule has 4 nitrogen and oxygen atoms in total. The first-order valence-electron chi connectivity index (χ1n) is 5.89. The summed E-state index contributed by atoms with van der Waals surface area (Å²) >= 11 is 3.03. The van der Waals surface area contributed by atoms with Crippen molar-refractivity contribution in [1.29, 1.82) is 0 Å². The van der Waals surface area contributed by atoms with E-state index in [-0.39, 0.29) is 4.66 Å². The minimum absolute atomic E-state index is 0.00433. The number of aryl methyl sites for hydroxylation is 1. The van der Waals surface area contributed by atoms with Crippen molar-refractivity contribution >= 4 is 31.6 Å². The fraction of sp³-hybridized carbons (Fsp3) is 0.500. The lowest BCUT2D eigenvalue weighted by molar-refractivity contribution is 0.387. The van der Waals surface area contributed by atoms with E-state index in [1.54, 1.807) is 4.31 Å². The normalized spacial score (nSPS) is 18.0. The predicted octanol–water partition coefficient (Wildman–Crippen LogP) is 1.80. The van der Waals surface area contributed by atoms with Gasteiger partial charge in [-0.2, -0.15) is 4.31 Å². The number of alkyl halides is 1. The van der Waals surface area contributed by atoms with Gasteiger partial charge in [-0.05, 0) is 18.6 Å². The number of sulfonamides is 1. The molecule has 100 valence electrons. The maximum Gasteiger partial charge on any atom is 0.224 e. The van der Waals surface area contributed by atoms with Crippen LogP contribution < -0.4 is 4.90 Å². The number of hydrogen-bond acceptors (Lipinski definition) is 3. The fourth-order valence-electron chi connectivity index (χ4n) is 2.19. The Kier molecular flexibility index (Phi) is 4.29. The Balaban J connectivity index is 2.06. The minimum atomic E-state index is -3.11. The molecule has 0 saturated carbocycles. The average Bonchev–Trinajstić information content (AvgIpc) is 2.39. The fourth-order valence-corrected chi connectivity index (χ4v) is 3.92. The minimum Gasteiger partial charge on any atom is -0.369 e. The monoisotopic (exact) mass is 332 g/mol. The van der Waals surface area contributed by atoms with E-state index in [0.29, 0.717) is 13.1 Å². The van der Waals surface area contributed by atoms with Crippen LogP contribution in [-0.2, 0) is 10.0 Å². The van der Waals surface area contributed by atoms with Gasteiger partial charge in [-0.3, -0.25) is 0 Å². The van der Waals surface area contributed by atoms with Gasteiger partial charge in [-0.15, -0.1) is 0 Å². The molecule has 1 fully saturated rings. The van der Waals surface area contributed by atoms with Gasteiger partial charge in [0.25, 0.3) is 0 Å². The average molecular weight is 333 g/mol. The molecule has 0 spiro atoms. The van der Waals surface area contributed by atoms with Crippen LogP contribution in [0.15, 0.2) is 24.3 Å². The number of rotatable bonds is 3. The van der Waals surface area contributed by atoms with Crippen LogP contribution in [-0.4, -0.2) is 43.6 Å². The Morgan fingerprint density at radius 1 is 1.17 bits per heavy atom. The van der Waals surface area contributed by atoms with Gasteiger partial charge in [0.2, 0.25) is 10.0 Å². The first-order chi connectivity index (χ1) is 8.54. The summed E-state index contributed by atoms with van der Waals surface area (Å²) in [5.74, 6) is 0. The second-order valence-electron chi connectivity index (χ2n) is 4.39. The lowest BCUT2D eigenvalue weighted by Crippen LogP contribution is -2.49. The third kappa shape index (κ3) is 2.87. The van der Waals surface area contributed by atoms with E-state index in [2.05, 4.69) is 39.9 Å². The van der Waals surface area contributed by atoms with E-state index in [1.165, 1.54) is 11.3 Å². The lowest BCUT2D eigenvalue weighted by Gasteiger charge is -2.35. The molecule has 2 rings (SSSR count). The van der Waals surface area contributed by atoms with Crippen molar-refractivity contribution in [2.45, 2.75) is 6.92 Å². The molecule has 1 aromatic rings. The van der Waals surface area contributed by atoms with E-state index in [4.69, 9.17) is 0 Å². The number of anilines is 1. The quantitative estimate of drug-likeness (QED) is 0.792. The summed E-state index contributed by atoms with van der Waals surface area (Å²) in [4.78, 5) is 2.25. The van der Waals surface area contributed by atoms with E-state index in [0.717, 1.165) is 13.1 Å². The van der Waals surface area contributed by atoms with Crippen molar-refractivity contribution in [1.82, 2.24) is 4.31 Å². The topological polar surface area (TPSA) is 40.6 Å². The summed E-state index contributed by atoms with van der Waals surface area (Å²) in [6, 6.07) is 8.20. The summed E-state index contributed by atoms with van der Waals surface area (Å²) in [7, 11) is -3.11. The third-order valence-electron chi connectivity index (χ3n) is 3.23. The van der Waals surface area contributed by atoms with Crippen molar-refractivity contribution in [2.24, 2.45) is 0 Å². The van der Waals surface area contributed by atoms with E-state index < -0.39 is 10.0 Å². The second kappa shape index (κ2) is 5.59. The van der Waals surface area contributed by atoms with Gasteiger partial charge in [-0.25, -0.2) is 8.42 Å². The zero-order valence-corrected chi connectivity index (χ0v) is 12.7. The molecule has 1 aromatic carbocycles. The molecule has 1 heterocycles. The highest BCUT2D eigenvalue weighted by atomic mass is 79.9. The van der Waals surface area contributed by atoms with Crippen molar-refractivity contribution in [3.05, 3.63) is 29.8 Å². The molecule has 1 saturated heterocycles. The smallest absolute Gasteiger partial charge is 0.224 e. The number of hydrogen-bond donors (Lipinski definition) is 0. The van der Waals surface area contributed by atoms with Crippen LogP contribution in [0.1, 0.15) is 5.56 Å². The van der Waals surface area contributed by atoms with Gasteiger partial charge in [0, 0.05) is 31.9 Å². The molecule has 0 atom stereocenters. The zero-order valence-electron chi connectivity index (χ0n) is 10.3. The van der Waals surface area contributed by atoms with Crippen LogP contribution in [0.3, 0.4) is 0 Å². The highest BCUT2D eigenvalue weighted by Crippen LogP contribution is 2.21. The standard InChI is InChI=1S/C12H17BrN2O2S/c1-11-4-2-3-5-12(11)14-6-8-15(9-7-14)18(16,17)10-13/h2-5H,6-10H2,1H3. The first kappa shape index (κ1) is 13.8. The van der Waals surface area contributed by atoms with Crippen LogP contribution in [0.25, 0.3) is 0 Å². The summed E-state index contributed by atoms with van der Waals surface area (Å²) in [5, 5.41) is 0. The van der Waals surface area contributed by atoms with Crippen molar-refractivity contribution in [2.75, 3.05) is 35.7 Å². The largest absolute Gasteiger partial charge is 0.369 e. The van der Waals surface area contributed by atoms with Crippen LogP contribution in [0, 0.1) is 6.92 Å². The Hall–Kier alpha value is -0.590.